The summed E-state index contributed by atoms with van der Waals surface area (Å²) in [6.07, 6.45) is 0. The average molecular weight is 315 g/mol. The van der Waals surface area contributed by atoms with Gasteiger partial charge in [-0.05, 0) is 6.07 Å². The molecule has 1 aliphatic rings. The summed E-state index contributed by atoms with van der Waals surface area (Å²) in [6, 6.07) is 3.66. The number of halogens is 1. The molecule has 0 radical (unpaired) electrons. The van der Waals surface area contributed by atoms with Gasteiger partial charge in [-0.1, -0.05) is 0 Å². The Bertz CT molecular complexity index is 449. The van der Waals surface area contributed by atoms with E-state index in [1.165, 1.54) is 0 Å². The normalized spacial score (nSPS) is 15.1. The number of anilines is 1. The zero-order valence-electron chi connectivity index (χ0n) is 12.0. The maximum absolute atomic E-state index is 11.5. The van der Waals surface area contributed by atoms with Crippen LogP contribution in [0.3, 0.4) is 0 Å². The topological polar surface area (TPSA) is 67.8 Å². The summed E-state index contributed by atoms with van der Waals surface area (Å²) in [6.45, 7) is 3.71. The Labute approximate surface area is 128 Å². The molecule has 0 unspecified atom stereocenters. The second-order valence-electron chi connectivity index (χ2n) is 4.57. The predicted molar refractivity (Wildman–Crippen MR) is 78.9 cm³/mol. The van der Waals surface area contributed by atoms with Crippen molar-refractivity contribution in [1.29, 1.82) is 0 Å². The van der Waals surface area contributed by atoms with Crippen LogP contribution >= 0.6 is 11.6 Å². The Balaban J connectivity index is 1.84. The molecule has 8 heteroatoms. The van der Waals surface area contributed by atoms with Gasteiger partial charge < -0.3 is 19.3 Å². The fourth-order valence-corrected chi connectivity index (χ4v) is 2.23. The molecule has 1 aromatic rings. The van der Waals surface area contributed by atoms with E-state index in [4.69, 9.17) is 21.1 Å². The summed E-state index contributed by atoms with van der Waals surface area (Å²) >= 11 is 5.56. The summed E-state index contributed by atoms with van der Waals surface area (Å²) < 4.78 is 10.3. The van der Waals surface area contributed by atoms with Gasteiger partial charge in [0.15, 0.2) is 5.82 Å². The average Bonchev–Trinajstić information content (AvgIpc) is 2.55. The Morgan fingerprint density at radius 3 is 2.57 bits per heavy atom. The van der Waals surface area contributed by atoms with Crippen LogP contribution < -0.4 is 9.64 Å². The van der Waals surface area contributed by atoms with Crippen LogP contribution in [-0.4, -0.2) is 73.4 Å². The van der Waals surface area contributed by atoms with Gasteiger partial charge in [0.05, 0.1) is 6.61 Å². The number of carbonyl (C=O) groups excluding carboxylic acids is 1. The van der Waals surface area contributed by atoms with Gasteiger partial charge in [0.1, 0.15) is 12.5 Å². The van der Waals surface area contributed by atoms with Crippen LogP contribution in [0.25, 0.3) is 0 Å². The molecule has 1 saturated heterocycles. The standard InChI is InChI=1S/C13H19ClN4O3/c1-20-8-9-21-12-3-2-11(15-16-12)17-4-6-18(7-5-17)13(19)10-14/h2-3H,4-10H2,1H3. The number of ether oxygens (including phenoxy) is 2. The van der Waals surface area contributed by atoms with Crippen LogP contribution in [0.15, 0.2) is 12.1 Å². The van der Waals surface area contributed by atoms with Gasteiger partial charge in [0.2, 0.25) is 11.8 Å². The van der Waals surface area contributed by atoms with Crippen LogP contribution in [0.2, 0.25) is 0 Å². The molecule has 116 valence electrons. The van der Waals surface area contributed by atoms with Crippen LogP contribution in [0.5, 0.6) is 5.88 Å². The molecule has 1 aliphatic heterocycles. The molecule has 21 heavy (non-hydrogen) atoms. The Morgan fingerprint density at radius 2 is 2.00 bits per heavy atom. The first-order chi connectivity index (χ1) is 10.2. The second kappa shape index (κ2) is 7.99. The number of amides is 1. The monoisotopic (exact) mass is 314 g/mol. The maximum Gasteiger partial charge on any atom is 0.237 e. The number of aromatic nitrogens is 2. The first-order valence-corrected chi connectivity index (χ1v) is 7.32. The smallest absolute Gasteiger partial charge is 0.237 e. The molecule has 0 spiro atoms. The van der Waals surface area contributed by atoms with Gasteiger partial charge in [-0.2, -0.15) is 0 Å². The lowest BCUT2D eigenvalue weighted by Gasteiger charge is -2.34. The summed E-state index contributed by atoms with van der Waals surface area (Å²) in [7, 11) is 1.62. The first kappa shape index (κ1) is 15.8. The lowest BCUT2D eigenvalue weighted by atomic mass is 10.3. The minimum atomic E-state index is -0.0238. The quantitative estimate of drug-likeness (QED) is 0.559. The molecule has 1 fully saturated rings. The molecule has 0 aliphatic carbocycles. The summed E-state index contributed by atoms with van der Waals surface area (Å²) in [4.78, 5) is 15.4. The Kier molecular flexibility index (Phi) is 6.01. The molecule has 2 rings (SSSR count). The summed E-state index contributed by atoms with van der Waals surface area (Å²) in [5.41, 5.74) is 0. The van der Waals surface area contributed by atoms with E-state index in [1.807, 2.05) is 6.07 Å². The molecular formula is C13H19ClN4O3. The largest absolute Gasteiger partial charge is 0.474 e. The van der Waals surface area contributed by atoms with E-state index in [2.05, 4.69) is 15.1 Å². The van der Waals surface area contributed by atoms with E-state index in [9.17, 15) is 4.79 Å². The molecule has 0 N–H and O–H groups in total. The Morgan fingerprint density at radius 1 is 1.24 bits per heavy atom. The molecule has 0 atom stereocenters. The van der Waals surface area contributed by atoms with Gasteiger partial charge in [0.25, 0.3) is 0 Å². The number of nitrogens with zero attached hydrogens (tertiary/aromatic N) is 4. The lowest BCUT2D eigenvalue weighted by molar-refractivity contribution is -0.128. The van der Waals surface area contributed by atoms with Gasteiger partial charge in [-0.15, -0.1) is 21.8 Å². The minimum absolute atomic E-state index is 0.0238. The van der Waals surface area contributed by atoms with Crippen LogP contribution in [-0.2, 0) is 9.53 Å². The van der Waals surface area contributed by atoms with E-state index < -0.39 is 0 Å². The van der Waals surface area contributed by atoms with Crippen molar-refractivity contribution in [3.05, 3.63) is 12.1 Å². The van der Waals surface area contributed by atoms with Gasteiger partial charge in [-0.3, -0.25) is 4.79 Å². The third kappa shape index (κ3) is 4.44. The zero-order valence-corrected chi connectivity index (χ0v) is 12.8. The van der Waals surface area contributed by atoms with Gasteiger partial charge in [0, 0.05) is 39.4 Å². The molecule has 0 saturated carbocycles. The summed E-state index contributed by atoms with van der Waals surface area (Å²) in [5, 5.41) is 8.18. The first-order valence-electron chi connectivity index (χ1n) is 6.78. The molecule has 2 heterocycles. The van der Waals surface area contributed by atoms with E-state index in [1.54, 1.807) is 18.1 Å². The minimum Gasteiger partial charge on any atom is -0.474 e. The third-order valence-electron chi connectivity index (χ3n) is 3.23. The maximum atomic E-state index is 11.5. The highest BCUT2D eigenvalue weighted by molar-refractivity contribution is 6.27. The number of rotatable bonds is 6. The molecule has 1 aromatic heterocycles. The highest BCUT2D eigenvalue weighted by Gasteiger charge is 2.21. The summed E-state index contributed by atoms with van der Waals surface area (Å²) in [5.74, 6) is 1.27. The molecule has 1 amide bonds. The number of alkyl halides is 1. The molecule has 0 aromatic carbocycles. The SMILES string of the molecule is COCCOc1ccc(N2CCN(C(=O)CCl)CC2)nn1. The zero-order chi connectivity index (χ0) is 15.1. The van der Waals surface area contributed by atoms with Crippen molar-refractivity contribution < 1.29 is 14.3 Å². The van der Waals surface area contributed by atoms with Crippen molar-refractivity contribution in [1.82, 2.24) is 15.1 Å². The number of hydrogen-bond acceptors (Lipinski definition) is 6. The van der Waals surface area contributed by atoms with Crippen molar-refractivity contribution in [3.8, 4) is 5.88 Å². The van der Waals surface area contributed by atoms with Crippen LogP contribution in [0.4, 0.5) is 5.82 Å². The van der Waals surface area contributed by atoms with E-state index in [0.29, 0.717) is 32.2 Å². The van der Waals surface area contributed by atoms with Crippen molar-refractivity contribution in [2.75, 3.05) is 57.3 Å². The van der Waals surface area contributed by atoms with E-state index in [-0.39, 0.29) is 11.8 Å². The fourth-order valence-electron chi connectivity index (χ4n) is 2.06. The second-order valence-corrected chi connectivity index (χ2v) is 4.84. The van der Waals surface area contributed by atoms with Crippen LogP contribution in [0.1, 0.15) is 0 Å². The van der Waals surface area contributed by atoms with Gasteiger partial charge >= 0.3 is 0 Å². The van der Waals surface area contributed by atoms with Crippen molar-refractivity contribution in [3.63, 3.8) is 0 Å². The lowest BCUT2D eigenvalue weighted by Crippen LogP contribution is -2.49. The molecular weight excluding hydrogens is 296 g/mol. The Hall–Kier alpha value is -1.60. The third-order valence-corrected chi connectivity index (χ3v) is 3.46. The van der Waals surface area contributed by atoms with Crippen molar-refractivity contribution in [2.45, 2.75) is 0 Å². The van der Waals surface area contributed by atoms with Crippen molar-refractivity contribution >= 4 is 23.3 Å². The number of methoxy groups -OCH3 is 1. The predicted octanol–water partition coefficient (Wildman–Crippen LogP) is 0.389. The number of piperazine rings is 1. The van der Waals surface area contributed by atoms with E-state index >= 15 is 0 Å². The highest BCUT2D eigenvalue weighted by atomic mass is 35.5. The molecule has 7 nitrogen and oxygen atoms in total. The van der Waals surface area contributed by atoms with E-state index in [0.717, 1.165) is 18.9 Å². The van der Waals surface area contributed by atoms with Gasteiger partial charge in [-0.25, -0.2) is 0 Å². The number of carbonyl (C=O) groups is 1. The fraction of sp³-hybridized carbons (Fsp3) is 0.615. The van der Waals surface area contributed by atoms with Crippen LogP contribution in [0, 0.1) is 0 Å². The highest BCUT2D eigenvalue weighted by Crippen LogP contribution is 2.15. The number of hydrogen-bond donors (Lipinski definition) is 0. The molecule has 0 bridgehead atoms. The van der Waals surface area contributed by atoms with Crippen molar-refractivity contribution in [2.24, 2.45) is 0 Å².